The maximum atomic E-state index is 10.3. The first-order chi connectivity index (χ1) is 13.5. The summed E-state index contributed by atoms with van der Waals surface area (Å²) in [5, 5.41) is 20.5. The third-order valence-electron chi connectivity index (χ3n) is 5.39. The van der Waals surface area contributed by atoms with Crippen molar-refractivity contribution in [1.82, 2.24) is 0 Å². The van der Waals surface area contributed by atoms with Gasteiger partial charge in [0.05, 0.1) is 0 Å². The third-order valence-corrected chi connectivity index (χ3v) is 5.39. The fraction of sp³-hybridized carbons (Fsp3) is 0.538. The second-order valence-electron chi connectivity index (χ2n) is 7.70. The van der Waals surface area contributed by atoms with E-state index in [1.807, 2.05) is 26.8 Å². The van der Waals surface area contributed by atoms with E-state index in [2.05, 4.69) is 37.3 Å². The Hall–Kier alpha value is -1.96. The Morgan fingerprint density at radius 3 is 1.75 bits per heavy atom. The van der Waals surface area contributed by atoms with Crippen molar-refractivity contribution < 1.29 is 10.2 Å². The molecule has 0 aliphatic heterocycles. The van der Waals surface area contributed by atoms with E-state index in [-0.39, 0.29) is 11.5 Å². The van der Waals surface area contributed by atoms with Gasteiger partial charge in [0.25, 0.3) is 0 Å². The number of benzene rings is 1. The maximum absolute atomic E-state index is 10.3. The molecule has 0 aliphatic carbocycles. The van der Waals surface area contributed by atoms with Gasteiger partial charge >= 0.3 is 0 Å². The number of rotatable bonds is 13. The molecule has 0 radical (unpaired) electrons. The molecule has 2 N–H and O–H groups in total. The highest BCUT2D eigenvalue weighted by molar-refractivity contribution is 5.68. The first kappa shape index (κ1) is 24.1. The van der Waals surface area contributed by atoms with Gasteiger partial charge in [0.1, 0.15) is 11.5 Å². The van der Waals surface area contributed by atoms with Crippen molar-refractivity contribution in [2.75, 3.05) is 0 Å². The Morgan fingerprint density at radius 2 is 1.14 bits per heavy atom. The van der Waals surface area contributed by atoms with Crippen LogP contribution in [0.2, 0.25) is 0 Å². The van der Waals surface area contributed by atoms with Gasteiger partial charge in [-0.1, -0.05) is 62.6 Å². The molecule has 0 aliphatic rings. The van der Waals surface area contributed by atoms with Gasteiger partial charge in [-0.25, -0.2) is 0 Å². The Balaban J connectivity index is 2.21. The van der Waals surface area contributed by atoms with E-state index in [9.17, 15) is 10.2 Å². The highest BCUT2D eigenvalue weighted by atomic mass is 16.3. The minimum atomic E-state index is 0.286. The number of allylic oxidation sites excluding steroid dienone is 5. The van der Waals surface area contributed by atoms with Crippen molar-refractivity contribution in [1.29, 1.82) is 0 Å². The average Bonchev–Trinajstić information content (AvgIpc) is 2.70. The topological polar surface area (TPSA) is 40.5 Å². The number of hydrogen-bond acceptors (Lipinski definition) is 2. The minimum absolute atomic E-state index is 0.286. The van der Waals surface area contributed by atoms with Gasteiger partial charge in [-0.05, 0) is 76.8 Å². The van der Waals surface area contributed by atoms with E-state index in [1.165, 1.54) is 38.5 Å². The molecule has 1 aromatic rings. The Bertz CT molecular complexity index is 636. The lowest BCUT2D eigenvalue weighted by Crippen LogP contribution is -1.92. The molecule has 0 spiro atoms. The molecule has 2 heteroatoms. The van der Waals surface area contributed by atoms with Gasteiger partial charge in [-0.2, -0.15) is 0 Å². The second kappa shape index (κ2) is 14.1. The molecule has 0 saturated heterocycles. The number of phenolic OH excluding ortho intramolecular Hbond substituents is 2. The molecule has 28 heavy (non-hydrogen) atoms. The van der Waals surface area contributed by atoms with Gasteiger partial charge in [-0.3, -0.25) is 0 Å². The first-order valence-electron chi connectivity index (χ1n) is 11.0. The Kier molecular flexibility index (Phi) is 12.1. The fourth-order valence-electron chi connectivity index (χ4n) is 3.27. The summed E-state index contributed by atoms with van der Waals surface area (Å²) in [6, 6.07) is 0. The Morgan fingerprint density at radius 1 is 0.607 bits per heavy atom. The summed E-state index contributed by atoms with van der Waals surface area (Å²) in [6.45, 7) is 7.78. The summed E-state index contributed by atoms with van der Waals surface area (Å²) >= 11 is 0. The van der Waals surface area contributed by atoms with E-state index < -0.39 is 0 Å². The van der Waals surface area contributed by atoms with E-state index in [4.69, 9.17) is 0 Å². The van der Waals surface area contributed by atoms with Crippen LogP contribution < -0.4 is 0 Å². The van der Waals surface area contributed by atoms with Crippen LogP contribution >= 0.6 is 0 Å². The van der Waals surface area contributed by atoms with Gasteiger partial charge in [-0.15, -0.1) is 0 Å². The normalized spacial score (nSPS) is 12.1. The maximum Gasteiger partial charge on any atom is 0.126 e. The van der Waals surface area contributed by atoms with Crippen molar-refractivity contribution in [3.05, 3.63) is 52.6 Å². The number of phenols is 2. The monoisotopic (exact) mass is 384 g/mol. The summed E-state index contributed by atoms with van der Waals surface area (Å²) in [7, 11) is 0. The zero-order valence-corrected chi connectivity index (χ0v) is 18.4. The molecule has 0 heterocycles. The second-order valence-corrected chi connectivity index (χ2v) is 7.70. The number of unbranched alkanes of at least 4 members (excludes halogenated alkanes) is 7. The highest BCUT2D eigenvalue weighted by Gasteiger charge is 2.14. The lowest BCUT2D eigenvalue weighted by atomic mass is 9.97. The van der Waals surface area contributed by atoms with Crippen molar-refractivity contribution in [2.24, 2.45) is 0 Å². The molecule has 0 fully saturated rings. The SMILES string of the molecule is CCCCCC=CCC=CCCCCCC=Cc1c(C)c(O)c(C)c(C)c1O. The third kappa shape index (κ3) is 8.37. The number of hydrogen-bond donors (Lipinski definition) is 2. The lowest BCUT2D eigenvalue weighted by Gasteiger charge is -2.13. The molecule has 0 bridgehead atoms. The summed E-state index contributed by atoms with van der Waals surface area (Å²) in [6.07, 6.45) is 25.2. The zero-order valence-electron chi connectivity index (χ0n) is 18.4. The smallest absolute Gasteiger partial charge is 0.126 e. The van der Waals surface area contributed by atoms with E-state index in [0.29, 0.717) is 0 Å². The predicted octanol–water partition coefficient (Wildman–Crippen LogP) is 8.07. The molecule has 0 amide bonds. The van der Waals surface area contributed by atoms with Crippen LogP contribution in [0.3, 0.4) is 0 Å². The molecule has 0 aromatic heterocycles. The van der Waals surface area contributed by atoms with Gasteiger partial charge in [0, 0.05) is 11.1 Å². The quantitative estimate of drug-likeness (QED) is 0.205. The van der Waals surface area contributed by atoms with Crippen molar-refractivity contribution >= 4 is 6.08 Å². The van der Waals surface area contributed by atoms with Crippen molar-refractivity contribution in [2.45, 2.75) is 91.9 Å². The Labute approximate surface area is 172 Å². The first-order valence-corrected chi connectivity index (χ1v) is 11.0. The van der Waals surface area contributed by atoms with Crippen LogP contribution in [0.5, 0.6) is 11.5 Å². The minimum Gasteiger partial charge on any atom is -0.507 e. The number of aromatic hydroxyl groups is 2. The van der Waals surface area contributed by atoms with Crippen LogP contribution in [-0.2, 0) is 0 Å². The largest absolute Gasteiger partial charge is 0.507 e. The summed E-state index contributed by atoms with van der Waals surface area (Å²) in [4.78, 5) is 0. The molecule has 156 valence electrons. The van der Waals surface area contributed by atoms with Crippen LogP contribution in [0.15, 0.2) is 30.4 Å². The van der Waals surface area contributed by atoms with Crippen LogP contribution in [0.4, 0.5) is 0 Å². The molecular formula is C26H40O2. The molecule has 1 rings (SSSR count). The van der Waals surface area contributed by atoms with Crippen molar-refractivity contribution in [3.8, 4) is 11.5 Å². The summed E-state index contributed by atoms with van der Waals surface area (Å²) in [5.74, 6) is 0.575. The standard InChI is InChI=1S/C26H40O2/c1-5-6-7-8-9-10-11-12-13-14-15-16-17-18-19-20-24-23(4)25(27)21(2)22(3)26(24)28/h9-10,12-13,19-20,27-28H,5-8,11,14-18H2,1-4H3. The van der Waals surface area contributed by atoms with Crippen LogP contribution in [-0.4, -0.2) is 10.2 Å². The summed E-state index contributed by atoms with van der Waals surface area (Å²) in [5.41, 5.74) is 3.00. The predicted molar refractivity (Wildman–Crippen MR) is 123 cm³/mol. The molecule has 2 nitrogen and oxygen atoms in total. The molecule has 0 saturated carbocycles. The highest BCUT2D eigenvalue weighted by Crippen LogP contribution is 2.36. The molecule has 0 unspecified atom stereocenters. The lowest BCUT2D eigenvalue weighted by molar-refractivity contribution is 0.448. The molecular weight excluding hydrogens is 344 g/mol. The molecule has 1 aromatic carbocycles. The van der Waals surface area contributed by atoms with Crippen LogP contribution in [0.1, 0.15) is 93.4 Å². The molecule has 0 atom stereocenters. The van der Waals surface area contributed by atoms with E-state index in [0.717, 1.165) is 47.9 Å². The van der Waals surface area contributed by atoms with Crippen LogP contribution in [0.25, 0.3) is 6.08 Å². The van der Waals surface area contributed by atoms with Crippen LogP contribution in [0, 0.1) is 20.8 Å². The zero-order chi connectivity index (χ0) is 20.8. The van der Waals surface area contributed by atoms with Gasteiger partial charge < -0.3 is 10.2 Å². The van der Waals surface area contributed by atoms with E-state index >= 15 is 0 Å². The van der Waals surface area contributed by atoms with Crippen molar-refractivity contribution in [3.63, 3.8) is 0 Å². The van der Waals surface area contributed by atoms with E-state index in [1.54, 1.807) is 0 Å². The van der Waals surface area contributed by atoms with Gasteiger partial charge in [0.2, 0.25) is 0 Å². The average molecular weight is 385 g/mol. The summed E-state index contributed by atoms with van der Waals surface area (Å²) < 4.78 is 0. The fourth-order valence-corrected chi connectivity index (χ4v) is 3.27. The van der Waals surface area contributed by atoms with Gasteiger partial charge in [0.15, 0.2) is 0 Å².